The lowest BCUT2D eigenvalue weighted by atomic mass is 10.1. The molecule has 2 rings (SSSR count). The Morgan fingerprint density at radius 2 is 2.38 bits per heavy atom. The molecule has 0 aliphatic rings. The number of amides is 1. The molecular formula is C8H10N6OS. The Labute approximate surface area is 95.5 Å². The van der Waals surface area contributed by atoms with Crippen LogP contribution in [0.5, 0.6) is 0 Å². The molecule has 0 aliphatic carbocycles. The monoisotopic (exact) mass is 238 g/mol. The summed E-state index contributed by atoms with van der Waals surface area (Å²) >= 11 is 1.07. The zero-order valence-electron chi connectivity index (χ0n) is 8.76. The van der Waals surface area contributed by atoms with Gasteiger partial charge in [0.05, 0.1) is 5.69 Å². The van der Waals surface area contributed by atoms with Gasteiger partial charge in [-0.2, -0.15) is 10.1 Å². The van der Waals surface area contributed by atoms with Crippen LogP contribution in [0.3, 0.4) is 0 Å². The third kappa shape index (κ3) is 2.06. The van der Waals surface area contributed by atoms with Crippen molar-refractivity contribution in [2.24, 2.45) is 0 Å². The van der Waals surface area contributed by atoms with Gasteiger partial charge in [0.15, 0.2) is 0 Å². The number of hydrogen-bond acceptors (Lipinski definition) is 6. The fourth-order valence-electron chi connectivity index (χ4n) is 1.16. The predicted octanol–water partition coefficient (Wildman–Crippen LogP) is 1.03. The Balaban J connectivity index is 2.18. The number of aromatic amines is 1. The molecule has 0 saturated heterocycles. The number of hydrogen-bond donors (Lipinski definition) is 2. The summed E-state index contributed by atoms with van der Waals surface area (Å²) in [5, 5.41) is 12.7. The Morgan fingerprint density at radius 1 is 1.56 bits per heavy atom. The van der Waals surface area contributed by atoms with Gasteiger partial charge >= 0.3 is 0 Å². The smallest absolute Gasteiger partial charge is 0.271 e. The average molecular weight is 238 g/mol. The Bertz CT molecular complexity index is 476. The number of aromatic nitrogens is 5. The van der Waals surface area contributed by atoms with Crippen LogP contribution in [-0.2, 0) is 0 Å². The van der Waals surface area contributed by atoms with E-state index in [-0.39, 0.29) is 11.8 Å². The molecule has 0 spiro atoms. The van der Waals surface area contributed by atoms with Crippen LogP contribution >= 0.6 is 11.5 Å². The van der Waals surface area contributed by atoms with Gasteiger partial charge in [-0.05, 0) is 17.5 Å². The minimum absolute atomic E-state index is 0.161. The van der Waals surface area contributed by atoms with Gasteiger partial charge in [0, 0.05) is 0 Å². The van der Waals surface area contributed by atoms with Crippen molar-refractivity contribution >= 4 is 23.4 Å². The van der Waals surface area contributed by atoms with Crippen molar-refractivity contribution in [2.75, 3.05) is 5.32 Å². The molecule has 8 heteroatoms. The first-order valence-corrected chi connectivity index (χ1v) is 5.44. The summed E-state index contributed by atoms with van der Waals surface area (Å²) in [7, 11) is 0. The van der Waals surface area contributed by atoms with Gasteiger partial charge in [0.2, 0.25) is 5.95 Å². The lowest BCUT2D eigenvalue weighted by Crippen LogP contribution is -2.14. The highest BCUT2D eigenvalue weighted by atomic mass is 32.1. The number of anilines is 1. The van der Waals surface area contributed by atoms with Crippen molar-refractivity contribution in [3.8, 4) is 0 Å². The standard InChI is InChI=1S/C8H10N6OS/c1-4(2)5-6(16-14-12-5)7(15)11-8-9-3-10-13-8/h3-4H,1-2H3,(H2,9,10,11,13,15). The molecule has 16 heavy (non-hydrogen) atoms. The summed E-state index contributed by atoms with van der Waals surface area (Å²) < 4.78 is 3.78. The molecule has 84 valence electrons. The van der Waals surface area contributed by atoms with Crippen molar-refractivity contribution in [3.05, 3.63) is 16.9 Å². The molecule has 0 atom stereocenters. The largest absolute Gasteiger partial charge is 0.290 e. The van der Waals surface area contributed by atoms with Crippen LogP contribution in [0.1, 0.15) is 35.1 Å². The highest BCUT2D eigenvalue weighted by Crippen LogP contribution is 2.20. The highest BCUT2D eigenvalue weighted by molar-refractivity contribution is 7.08. The van der Waals surface area contributed by atoms with Gasteiger partial charge in [-0.25, -0.2) is 5.10 Å². The second-order valence-electron chi connectivity index (χ2n) is 3.43. The van der Waals surface area contributed by atoms with Crippen LogP contribution in [0, 0.1) is 0 Å². The summed E-state index contributed by atoms with van der Waals surface area (Å²) in [5.41, 5.74) is 0.696. The maximum Gasteiger partial charge on any atom is 0.271 e. The van der Waals surface area contributed by atoms with Gasteiger partial charge in [-0.3, -0.25) is 10.1 Å². The minimum Gasteiger partial charge on any atom is -0.290 e. The first-order valence-electron chi connectivity index (χ1n) is 4.67. The molecule has 7 nitrogen and oxygen atoms in total. The lowest BCUT2D eigenvalue weighted by Gasteiger charge is -2.02. The van der Waals surface area contributed by atoms with Gasteiger partial charge < -0.3 is 0 Å². The van der Waals surface area contributed by atoms with E-state index in [0.29, 0.717) is 16.5 Å². The molecule has 1 amide bonds. The van der Waals surface area contributed by atoms with Gasteiger partial charge in [-0.15, -0.1) is 5.10 Å². The lowest BCUT2D eigenvalue weighted by molar-refractivity contribution is 0.102. The molecule has 0 radical (unpaired) electrons. The van der Waals surface area contributed by atoms with E-state index in [1.54, 1.807) is 0 Å². The molecule has 2 N–H and O–H groups in total. The van der Waals surface area contributed by atoms with Crippen molar-refractivity contribution in [3.63, 3.8) is 0 Å². The predicted molar refractivity (Wildman–Crippen MR) is 58.3 cm³/mol. The molecule has 0 fully saturated rings. The van der Waals surface area contributed by atoms with Crippen LogP contribution < -0.4 is 5.32 Å². The van der Waals surface area contributed by atoms with E-state index in [2.05, 4.69) is 30.1 Å². The Hall–Kier alpha value is -1.83. The average Bonchev–Trinajstić information content (AvgIpc) is 2.86. The summed E-state index contributed by atoms with van der Waals surface area (Å²) in [6.45, 7) is 3.92. The first kappa shape index (κ1) is 10.7. The van der Waals surface area contributed by atoms with Gasteiger partial charge in [0.1, 0.15) is 11.2 Å². The third-order valence-corrected chi connectivity index (χ3v) is 2.65. The van der Waals surface area contributed by atoms with Crippen LogP contribution in [0.4, 0.5) is 5.95 Å². The topological polar surface area (TPSA) is 96.5 Å². The van der Waals surface area contributed by atoms with E-state index in [9.17, 15) is 4.79 Å². The van der Waals surface area contributed by atoms with E-state index in [1.165, 1.54) is 6.33 Å². The highest BCUT2D eigenvalue weighted by Gasteiger charge is 2.19. The number of carbonyl (C=O) groups excluding carboxylic acids is 1. The van der Waals surface area contributed by atoms with Crippen LogP contribution in [0.2, 0.25) is 0 Å². The zero-order chi connectivity index (χ0) is 11.5. The van der Waals surface area contributed by atoms with E-state index < -0.39 is 0 Å². The SMILES string of the molecule is CC(C)c1nnsc1C(=O)Nc1ncn[nH]1. The minimum atomic E-state index is -0.268. The van der Waals surface area contributed by atoms with Gasteiger partial charge in [-0.1, -0.05) is 18.3 Å². The summed E-state index contributed by atoms with van der Waals surface area (Å²) in [6, 6.07) is 0. The second kappa shape index (κ2) is 4.35. The summed E-state index contributed by atoms with van der Waals surface area (Å²) in [4.78, 5) is 16.1. The summed E-state index contributed by atoms with van der Waals surface area (Å²) in [6.07, 6.45) is 1.32. The third-order valence-electron chi connectivity index (χ3n) is 1.91. The Kier molecular flexibility index (Phi) is 2.91. The molecule has 0 unspecified atom stereocenters. The van der Waals surface area contributed by atoms with Crippen molar-refractivity contribution in [1.29, 1.82) is 0 Å². The summed E-state index contributed by atoms with van der Waals surface area (Å²) in [5.74, 6) is 0.206. The van der Waals surface area contributed by atoms with Crippen LogP contribution in [0.15, 0.2) is 6.33 Å². The second-order valence-corrected chi connectivity index (χ2v) is 4.18. The fourth-order valence-corrected chi connectivity index (χ4v) is 1.88. The van der Waals surface area contributed by atoms with E-state index in [4.69, 9.17) is 0 Å². The first-order chi connectivity index (χ1) is 7.68. The van der Waals surface area contributed by atoms with Crippen LogP contribution in [-0.4, -0.2) is 30.7 Å². The molecular weight excluding hydrogens is 228 g/mol. The maximum atomic E-state index is 11.8. The molecule has 0 bridgehead atoms. The van der Waals surface area contributed by atoms with Crippen molar-refractivity contribution in [2.45, 2.75) is 19.8 Å². The number of nitrogens with one attached hydrogen (secondary N) is 2. The molecule has 0 aliphatic heterocycles. The number of nitrogens with zero attached hydrogens (tertiary/aromatic N) is 4. The van der Waals surface area contributed by atoms with Crippen molar-refractivity contribution < 1.29 is 4.79 Å². The van der Waals surface area contributed by atoms with E-state index in [0.717, 1.165) is 11.5 Å². The fraction of sp³-hybridized carbons (Fsp3) is 0.375. The number of rotatable bonds is 3. The Morgan fingerprint density at radius 3 is 3.00 bits per heavy atom. The van der Waals surface area contributed by atoms with E-state index in [1.807, 2.05) is 13.8 Å². The maximum absolute atomic E-state index is 11.8. The van der Waals surface area contributed by atoms with Crippen molar-refractivity contribution in [1.82, 2.24) is 24.8 Å². The normalized spacial score (nSPS) is 10.7. The quantitative estimate of drug-likeness (QED) is 0.832. The molecule has 2 heterocycles. The molecule has 2 aromatic heterocycles. The number of carbonyl (C=O) groups is 1. The molecule has 2 aromatic rings. The zero-order valence-corrected chi connectivity index (χ0v) is 9.58. The molecule has 0 aromatic carbocycles. The van der Waals surface area contributed by atoms with Crippen LogP contribution in [0.25, 0.3) is 0 Å². The van der Waals surface area contributed by atoms with Gasteiger partial charge in [0.25, 0.3) is 5.91 Å². The number of H-pyrrole nitrogens is 1. The molecule has 0 saturated carbocycles. The van der Waals surface area contributed by atoms with E-state index >= 15 is 0 Å².